The van der Waals surface area contributed by atoms with Gasteiger partial charge in [0.25, 0.3) is 0 Å². The number of nitrogens with zero attached hydrogens (tertiary/aromatic N) is 1. The average Bonchev–Trinajstić information content (AvgIpc) is 2.46. The standard InChI is InChI=1S/C16H23NO2/c1-5-13(4)12-18-15-10-8-14(9-11-15)16(6-2)17-19-7-3/h8-11H,4-7,12H2,1-3H3. The summed E-state index contributed by atoms with van der Waals surface area (Å²) in [6.45, 7) is 11.1. The molecular formula is C16H23NO2. The zero-order valence-corrected chi connectivity index (χ0v) is 12.1. The molecule has 0 aliphatic heterocycles. The molecule has 19 heavy (non-hydrogen) atoms. The van der Waals surface area contributed by atoms with Gasteiger partial charge >= 0.3 is 0 Å². The van der Waals surface area contributed by atoms with E-state index in [1.807, 2.05) is 31.2 Å². The van der Waals surface area contributed by atoms with Crippen LogP contribution in [0.15, 0.2) is 41.6 Å². The predicted octanol–water partition coefficient (Wildman–Crippen LogP) is 4.18. The van der Waals surface area contributed by atoms with Gasteiger partial charge in [-0.2, -0.15) is 0 Å². The summed E-state index contributed by atoms with van der Waals surface area (Å²) in [5.74, 6) is 0.852. The minimum atomic E-state index is 0.573. The van der Waals surface area contributed by atoms with E-state index >= 15 is 0 Å². The molecule has 0 bridgehead atoms. The van der Waals surface area contributed by atoms with E-state index in [1.165, 1.54) is 0 Å². The van der Waals surface area contributed by atoms with Gasteiger partial charge in [0, 0.05) is 0 Å². The highest BCUT2D eigenvalue weighted by atomic mass is 16.6. The zero-order valence-electron chi connectivity index (χ0n) is 12.1. The summed E-state index contributed by atoms with van der Waals surface area (Å²) in [7, 11) is 0. The van der Waals surface area contributed by atoms with Crippen LogP contribution in [0.3, 0.4) is 0 Å². The Balaban J connectivity index is 2.67. The molecule has 0 saturated heterocycles. The summed E-state index contributed by atoms with van der Waals surface area (Å²) in [4.78, 5) is 5.11. The van der Waals surface area contributed by atoms with Crippen LogP contribution in [0.5, 0.6) is 5.75 Å². The van der Waals surface area contributed by atoms with Gasteiger partial charge in [-0.15, -0.1) is 0 Å². The lowest BCUT2D eigenvalue weighted by Gasteiger charge is -2.08. The van der Waals surface area contributed by atoms with Crippen LogP contribution in [-0.4, -0.2) is 18.9 Å². The summed E-state index contributed by atoms with van der Waals surface area (Å²) in [5, 5.41) is 4.11. The highest BCUT2D eigenvalue weighted by molar-refractivity contribution is 6.00. The molecule has 3 nitrogen and oxygen atoms in total. The molecule has 104 valence electrons. The Morgan fingerprint density at radius 2 is 1.79 bits per heavy atom. The fourth-order valence-corrected chi connectivity index (χ4v) is 1.49. The van der Waals surface area contributed by atoms with E-state index in [4.69, 9.17) is 9.57 Å². The molecular weight excluding hydrogens is 238 g/mol. The molecule has 0 fully saturated rings. The number of hydrogen-bond donors (Lipinski definition) is 0. The van der Waals surface area contributed by atoms with E-state index in [9.17, 15) is 0 Å². The van der Waals surface area contributed by atoms with Crippen molar-refractivity contribution in [2.75, 3.05) is 13.2 Å². The molecule has 0 atom stereocenters. The highest BCUT2D eigenvalue weighted by Crippen LogP contribution is 2.15. The first-order chi connectivity index (χ1) is 9.21. The van der Waals surface area contributed by atoms with Gasteiger partial charge in [-0.3, -0.25) is 0 Å². The van der Waals surface area contributed by atoms with E-state index in [1.54, 1.807) is 0 Å². The number of oxime groups is 1. The molecule has 0 radical (unpaired) electrons. The van der Waals surface area contributed by atoms with Gasteiger partial charge in [0.2, 0.25) is 0 Å². The van der Waals surface area contributed by atoms with Gasteiger partial charge in [-0.1, -0.05) is 25.6 Å². The first kappa shape index (κ1) is 15.3. The van der Waals surface area contributed by atoms with Crippen molar-refractivity contribution in [1.29, 1.82) is 0 Å². The number of ether oxygens (including phenoxy) is 1. The molecule has 0 N–H and O–H groups in total. The third-order valence-corrected chi connectivity index (χ3v) is 2.77. The first-order valence-corrected chi connectivity index (χ1v) is 6.79. The van der Waals surface area contributed by atoms with E-state index in [-0.39, 0.29) is 0 Å². The Morgan fingerprint density at radius 3 is 2.32 bits per heavy atom. The molecule has 0 saturated carbocycles. The number of rotatable bonds is 8. The van der Waals surface area contributed by atoms with Crippen LogP contribution in [-0.2, 0) is 4.84 Å². The van der Waals surface area contributed by atoms with E-state index < -0.39 is 0 Å². The molecule has 1 rings (SSSR count). The highest BCUT2D eigenvalue weighted by Gasteiger charge is 2.03. The maximum Gasteiger partial charge on any atom is 0.119 e. The summed E-state index contributed by atoms with van der Waals surface area (Å²) >= 11 is 0. The molecule has 1 aromatic rings. The van der Waals surface area contributed by atoms with Crippen LogP contribution >= 0.6 is 0 Å². The molecule has 0 amide bonds. The topological polar surface area (TPSA) is 30.8 Å². The summed E-state index contributed by atoms with van der Waals surface area (Å²) in [6.07, 6.45) is 1.78. The van der Waals surface area contributed by atoms with Crippen LogP contribution in [0.25, 0.3) is 0 Å². The first-order valence-electron chi connectivity index (χ1n) is 6.79. The Labute approximate surface area is 115 Å². The minimum absolute atomic E-state index is 0.573. The third-order valence-electron chi connectivity index (χ3n) is 2.77. The lowest BCUT2D eigenvalue weighted by atomic mass is 10.1. The maximum atomic E-state index is 5.64. The van der Waals surface area contributed by atoms with Gasteiger partial charge in [-0.05, 0) is 55.2 Å². The zero-order chi connectivity index (χ0) is 14.1. The molecule has 0 aliphatic rings. The van der Waals surface area contributed by atoms with Gasteiger partial charge in [0.1, 0.15) is 19.0 Å². The maximum absolute atomic E-state index is 5.64. The van der Waals surface area contributed by atoms with Crippen molar-refractivity contribution in [2.24, 2.45) is 5.16 Å². The summed E-state index contributed by atoms with van der Waals surface area (Å²) in [5.41, 5.74) is 3.11. The second-order valence-corrected chi connectivity index (χ2v) is 4.23. The Hall–Kier alpha value is -1.77. The second-order valence-electron chi connectivity index (χ2n) is 4.23. The summed E-state index contributed by atoms with van der Waals surface area (Å²) in [6, 6.07) is 7.92. The van der Waals surface area contributed by atoms with Crippen LogP contribution in [0, 0.1) is 0 Å². The minimum Gasteiger partial charge on any atom is -0.489 e. The van der Waals surface area contributed by atoms with Crippen LogP contribution in [0.1, 0.15) is 39.2 Å². The lowest BCUT2D eigenvalue weighted by Crippen LogP contribution is -2.02. The van der Waals surface area contributed by atoms with Gasteiger partial charge in [0.15, 0.2) is 0 Å². The van der Waals surface area contributed by atoms with Crippen LogP contribution in [0.4, 0.5) is 0 Å². The third kappa shape index (κ3) is 5.16. The SMILES string of the molecule is C=C(CC)COc1ccc(C(CC)=NOCC)cc1. The normalized spacial score (nSPS) is 11.2. The molecule has 0 unspecified atom stereocenters. The van der Waals surface area contributed by atoms with Crippen molar-refractivity contribution < 1.29 is 9.57 Å². The molecule has 0 spiro atoms. The molecule has 3 heteroatoms. The molecule has 0 heterocycles. The Morgan fingerprint density at radius 1 is 1.11 bits per heavy atom. The summed E-state index contributed by atoms with van der Waals surface area (Å²) < 4.78 is 5.64. The largest absolute Gasteiger partial charge is 0.489 e. The smallest absolute Gasteiger partial charge is 0.119 e. The predicted molar refractivity (Wildman–Crippen MR) is 79.8 cm³/mol. The van der Waals surface area contributed by atoms with E-state index in [0.29, 0.717) is 13.2 Å². The van der Waals surface area contributed by atoms with Crippen molar-refractivity contribution in [2.45, 2.75) is 33.6 Å². The molecule has 1 aromatic carbocycles. The number of hydrogen-bond acceptors (Lipinski definition) is 3. The Bertz CT molecular complexity index is 421. The lowest BCUT2D eigenvalue weighted by molar-refractivity contribution is 0.158. The molecule has 0 aromatic heterocycles. The van der Waals surface area contributed by atoms with Crippen molar-refractivity contribution >= 4 is 5.71 Å². The van der Waals surface area contributed by atoms with Crippen LogP contribution < -0.4 is 4.74 Å². The fraction of sp³-hybridized carbons (Fsp3) is 0.438. The Kier molecular flexibility index (Phi) is 6.72. The van der Waals surface area contributed by atoms with Crippen molar-refractivity contribution in [3.63, 3.8) is 0 Å². The monoisotopic (exact) mass is 261 g/mol. The quantitative estimate of drug-likeness (QED) is 0.399. The average molecular weight is 261 g/mol. The van der Waals surface area contributed by atoms with Crippen molar-refractivity contribution in [3.05, 3.63) is 42.0 Å². The van der Waals surface area contributed by atoms with Crippen LogP contribution in [0.2, 0.25) is 0 Å². The van der Waals surface area contributed by atoms with Gasteiger partial charge < -0.3 is 9.57 Å². The van der Waals surface area contributed by atoms with Crippen molar-refractivity contribution in [1.82, 2.24) is 0 Å². The van der Waals surface area contributed by atoms with Crippen molar-refractivity contribution in [3.8, 4) is 5.75 Å². The molecule has 0 aliphatic carbocycles. The van der Waals surface area contributed by atoms with Gasteiger partial charge in [0.05, 0.1) is 5.71 Å². The van der Waals surface area contributed by atoms with E-state index in [2.05, 4.69) is 25.6 Å². The second kappa shape index (κ2) is 8.35. The van der Waals surface area contributed by atoms with E-state index in [0.717, 1.165) is 35.4 Å². The van der Waals surface area contributed by atoms with Gasteiger partial charge in [-0.25, -0.2) is 0 Å². The fourth-order valence-electron chi connectivity index (χ4n) is 1.49. The number of benzene rings is 1.